The van der Waals surface area contributed by atoms with Crippen LogP contribution in [0.25, 0.3) is 0 Å². The number of rotatable bonds is 8. The van der Waals surface area contributed by atoms with Crippen LogP contribution in [0.2, 0.25) is 0 Å². The second-order valence-corrected chi connectivity index (χ2v) is 8.95. The fourth-order valence-corrected chi connectivity index (χ4v) is 4.37. The van der Waals surface area contributed by atoms with Crippen molar-refractivity contribution in [3.05, 3.63) is 89.0 Å². The zero-order chi connectivity index (χ0) is 24.0. The Kier molecular flexibility index (Phi) is 7.34. The first kappa shape index (κ1) is 23.8. The van der Waals surface area contributed by atoms with Crippen molar-refractivity contribution in [3.63, 3.8) is 0 Å². The minimum absolute atomic E-state index is 0.115. The summed E-state index contributed by atoms with van der Waals surface area (Å²) >= 11 is 0. The van der Waals surface area contributed by atoms with Crippen LogP contribution in [-0.2, 0) is 16.6 Å². The molecule has 0 atom stereocenters. The molecular formula is C24H25N3O5S. The zero-order valence-corrected chi connectivity index (χ0v) is 19.3. The third kappa shape index (κ3) is 5.89. The molecule has 0 unspecified atom stereocenters. The normalized spacial score (nSPS) is 10.9. The Labute approximate surface area is 193 Å². The van der Waals surface area contributed by atoms with Crippen molar-refractivity contribution >= 4 is 27.5 Å². The molecule has 0 aliphatic rings. The summed E-state index contributed by atoms with van der Waals surface area (Å²) in [6.45, 7) is 2.07. The van der Waals surface area contributed by atoms with Gasteiger partial charge in [0.2, 0.25) is 0 Å². The first-order valence-electron chi connectivity index (χ1n) is 10.1. The van der Waals surface area contributed by atoms with E-state index in [1.807, 2.05) is 6.92 Å². The molecule has 0 bridgehead atoms. The molecule has 9 heteroatoms. The third-order valence-corrected chi connectivity index (χ3v) is 6.29. The Bertz CT molecular complexity index is 1270. The molecule has 0 heterocycles. The summed E-state index contributed by atoms with van der Waals surface area (Å²) in [5, 5.41) is 5.29. The predicted octanol–water partition coefficient (Wildman–Crippen LogP) is 3.09. The maximum Gasteiger partial charge on any atom is 0.265 e. The van der Waals surface area contributed by atoms with E-state index in [4.69, 9.17) is 4.74 Å². The van der Waals surface area contributed by atoms with Crippen molar-refractivity contribution in [2.75, 3.05) is 18.9 Å². The lowest BCUT2D eigenvalue weighted by molar-refractivity contribution is 0.0948. The molecule has 3 rings (SSSR count). The second kappa shape index (κ2) is 10.2. The summed E-state index contributed by atoms with van der Waals surface area (Å²) in [7, 11) is -1.11. The zero-order valence-electron chi connectivity index (χ0n) is 18.5. The maximum absolute atomic E-state index is 13.0. The van der Waals surface area contributed by atoms with Crippen molar-refractivity contribution in [3.8, 4) is 5.75 Å². The van der Waals surface area contributed by atoms with Crippen molar-refractivity contribution in [2.24, 2.45) is 0 Å². The van der Waals surface area contributed by atoms with E-state index in [-0.39, 0.29) is 28.7 Å². The highest BCUT2D eigenvalue weighted by atomic mass is 32.2. The molecule has 3 aromatic carbocycles. The van der Waals surface area contributed by atoms with Gasteiger partial charge in [-0.1, -0.05) is 29.8 Å². The van der Waals surface area contributed by atoms with Crippen LogP contribution in [0.1, 0.15) is 31.8 Å². The molecular weight excluding hydrogens is 442 g/mol. The number of anilines is 1. The van der Waals surface area contributed by atoms with Crippen LogP contribution in [0.15, 0.2) is 71.6 Å². The summed E-state index contributed by atoms with van der Waals surface area (Å²) in [5.74, 6) is -0.575. The van der Waals surface area contributed by atoms with Crippen LogP contribution in [0.4, 0.5) is 5.69 Å². The van der Waals surface area contributed by atoms with Crippen LogP contribution in [0.3, 0.4) is 0 Å². The lowest BCUT2D eigenvalue weighted by Crippen LogP contribution is -2.24. The molecule has 0 saturated carbocycles. The first-order valence-corrected chi connectivity index (χ1v) is 11.6. The van der Waals surface area contributed by atoms with Crippen molar-refractivity contribution in [1.29, 1.82) is 0 Å². The van der Waals surface area contributed by atoms with Crippen LogP contribution >= 0.6 is 0 Å². The fraction of sp³-hybridized carbons (Fsp3) is 0.167. The van der Waals surface area contributed by atoms with Crippen LogP contribution in [0, 0.1) is 6.92 Å². The molecule has 0 aliphatic carbocycles. The van der Waals surface area contributed by atoms with Gasteiger partial charge in [-0.25, -0.2) is 8.42 Å². The van der Waals surface area contributed by atoms with Gasteiger partial charge < -0.3 is 15.4 Å². The summed E-state index contributed by atoms with van der Waals surface area (Å²) in [5.41, 5.74) is 2.75. The number of aryl methyl sites for hydroxylation is 1. The summed E-state index contributed by atoms with van der Waals surface area (Å²) in [4.78, 5) is 24.4. The molecule has 0 aliphatic heterocycles. The van der Waals surface area contributed by atoms with E-state index < -0.39 is 15.9 Å². The highest BCUT2D eigenvalue weighted by molar-refractivity contribution is 7.92. The topological polar surface area (TPSA) is 114 Å². The van der Waals surface area contributed by atoms with Gasteiger partial charge in [-0.05, 0) is 55.0 Å². The fourth-order valence-electron chi connectivity index (χ4n) is 3.11. The average molecular weight is 468 g/mol. The number of hydrogen-bond acceptors (Lipinski definition) is 5. The maximum atomic E-state index is 13.0. The summed E-state index contributed by atoms with van der Waals surface area (Å²) in [6, 6.07) is 17.9. The molecule has 0 saturated heterocycles. The van der Waals surface area contributed by atoms with E-state index in [2.05, 4.69) is 15.4 Å². The average Bonchev–Trinajstić information content (AvgIpc) is 2.83. The standard InChI is InChI=1S/C24H25N3O5S/c1-16-7-10-20(11-8-16)27-33(30,31)22-14-19(9-12-21(22)32-3)24(29)26-15-17-5-4-6-18(13-17)23(28)25-2/h4-14,27H,15H2,1-3H3,(H,25,28)(H,26,29). The Morgan fingerprint density at radius 3 is 2.27 bits per heavy atom. The smallest absolute Gasteiger partial charge is 0.265 e. The van der Waals surface area contributed by atoms with Crippen LogP contribution < -0.4 is 20.1 Å². The number of sulfonamides is 1. The lowest BCUT2D eigenvalue weighted by Gasteiger charge is -2.13. The number of benzene rings is 3. The lowest BCUT2D eigenvalue weighted by atomic mass is 10.1. The number of nitrogens with one attached hydrogen (secondary N) is 3. The van der Waals surface area contributed by atoms with Crippen molar-refractivity contribution in [1.82, 2.24) is 10.6 Å². The van der Waals surface area contributed by atoms with Crippen molar-refractivity contribution in [2.45, 2.75) is 18.4 Å². The van der Waals surface area contributed by atoms with E-state index in [1.165, 1.54) is 25.3 Å². The third-order valence-electron chi connectivity index (χ3n) is 4.89. The molecule has 33 heavy (non-hydrogen) atoms. The van der Waals surface area contributed by atoms with Gasteiger partial charge in [0.25, 0.3) is 21.8 Å². The van der Waals surface area contributed by atoms with E-state index in [9.17, 15) is 18.0 Å². The van der Waals surface area contributed by atoms with E-state index in [1.54, 1.807) is 55.6 Å². The SMILES string of the molecule is CNC(=O)c1cccc(CNC(=O)c2ccc(OC)c(S(=O)(=O)Nc3ccc(C)cc3)c2)c1. The molecule has 172 valence electrons. The highest BCUT2D eigenvalue weighted by Gasteiger charge is 2.22. The molecule has 3 aromatic rings. The number of carbonyl (C=O) groups excluding carboxylic acids is 2. The Morgan fingerprint density at radius 2 is 1.61 bits per heavy atom. The van der Waals surface area contributed by atoms with Gasteiger partial charge in [0.1, 0.15) is 10.6 Å². The van der Waals surface area contributed by atoms with E-state index >= 15 is 0 Å². The second-order valence-electron chi connectivity index (χ2n) is 7.30. The van der Waals surface area contributed by atoms with Gasteiger partial charge in [-0.2, -0.15) is 0 Å². The summed E-state index contributed by atoms with van der Waals surface area (Å²) in [6.07, 6.45) is 0. The number of methoxy groups -OCH3 is 1. The highest BCUT2D eigenvalue weighted by Crippen LogP contribution is 2.27. The van der Waals surface area contributed by atoms with E-state index in [0.717, 1.165) is 11.1 Å². The Hall–Kier alpha value is -3.85. The Balaban J connectivity index is 1.80. The molecule has 0 aromatic heterocycles. The monoisotopic (exact) mass is 467 g/mol. The molecule has 0 fully saturated rings. The summed E-state index contributed by atoms with van der Waals surface area (Å²) < 4.78 is 33.7. The number of ether oxygens (including phenoxy) is 1. The molecule has 2 amide bonds. The Morgan fingerprint density at radius 1 is 0.909 bits per heavy atom. The van der Waals surface area contributed by atoms with Gasteiger partial charge in [0.05, 0.1) is 7.11 Å². The van der Waals surface area contributed by atoms with Gasteiger partial charge in [0, 0.05) is 30.4 Å². The van der Waals surface area contributed by atoms with Gasteiger partial charge in [-0.15, -0.1) is 0 Å². The van der Waals surface area contributed by atoms with Gasteiger partial charge in [0.15, 0.2) is 0 Å². The number of carbonyl (C=O) groups is 2. The first-order chi connectivity index (χ1) is 15.7. The molecule has 3 N–H and O–H groups in total. The number of amides is 2. The minimum Gasteiger partial charge on any atom is -0.495 e. The quantitative estimate of drug-likeness (QED) is 0.471. The molecule has 8 nitrogen and oxygen atoms in total. The van der Waals surface area contributed by atoms with Crippen LogP contribution in [-0.4, -0.2) is 34.4 Å². The molecule has 0 spiro atoms. The van der Waals surface area contributed by atoms with Gasteiger partial charge in [-0.3, -0.25) is 14.3 Å². The van der Waals surface area contributed by atoms with Crippen molar-refractivity contribution < 1.29 is 22.7 Å². The largest absolute Gasteiger partial charge is 0.495 e. The predicted molar refractivity (Wildman–Crippen MR) is 126 cm³/mol. The molecule has 0 radical (unpaired) electrons. The number of hydrogen-bond donors (Lipinski definition) is 3. The van der Waals surface area contributed by atoms with Crippen LogP contribution in [0.5, 0.6) is 5.75 Å². The van der Waals surface area contributed by atoms with E-state index in [0.29, 0.717) is 11.3 Å². The minimum atomic E-state index is -4.01. The van der Waals surface area contributed by atoms with Gasteiger partial charge >= 0.3 is 0 Å².